The lowest BCUT2D eigenvalue weighted by Gasteiger charge is -2.33. The van der Waals surface area contributed by atoms with Crippen LogP contribution in [0, 0.1) is 0 Å². The number of nitrogens with one attached hydrogen (secondary N) is 1. The van der Waals surface area contributed by atoms with Gasteiger partial charge in [0.25, 0.3) is 0 Å². The maximum absolute atomic E-state index is 11.5. The predicted octanol–water partition coefficient (Wildman–Crippen LogP) is 2.38. The molecule has 0 aromatic heterocycles. The molecule has 4 heteroatoms. The Morgan fingerprint density at radius 3 is 2.26 bits per heavy atom. The van der Waals surface area contributed by atoms with Gasteiger partial charge in [-0.25, -0.2) is 8.42 Å². The largest absolute Gasteiger partial charge is 0.316 e. The van der Waals surface area contributed by atoms with Crippen molar-refractivity contribution in [2.75, 3.05) is 25.1 Å². The van der Waals surface area contributed by atoms with Gasteiger partial charge in [0.15, 0.2) is 0 Å². The molecule has 108 valence electrons. The van der Waals surface area contributed by atoms with Crippen molar-refractivity contribution >= 4 is 9.84 Å². The summed E-state index contributed by atoms with van der Waals surface area (Å²) >= 11 is 0. The second kappa shape index (κ2) is 7.06. The highest BCUT2D eigenvalue weighted by Crippen LogP contribution is 2.31. The molecule has 0 aliphatic carbocycles. The third-order valence-corrected chi connectivity index (χ3v) is 4.67. The number of hydrogen-bond donors (Lipinski definition) is 1. The minimum absolute atomic E-state index is 0.0969. The lowest BCUT2D eigenvalue weighted by atomic mass is 9.75. The monoisotopic (exact) mass is 283 g/mol. The molecular weight excluding hydrogens is 258 g/mol. The highest BCUT2D eigenvalue weighted by atomic mass is 32.2. The van der Waals surface area contributed by atoms with Crippen molar-refractivity contribution in [1.29, 1.82) is 0 Å². The van der Waals surface area contributed by atoms with Gasteiger partial charge < -0.3 is 5.32 Å². The van der Waals surface area contributed by atoms with Crippen LogP contribution in [-0.4, -0.2) is 33.5 Å². The van der Waals surface area contributed by atoms with E-state index in [1.54, 1.807) is 0 Å². The Balaban J connectivity index is 3.00. The van der Waals surface area contributed by atoms with Crippen molar-refractivity contribution in [2.45, 2.75) is 32.1 Å². The van der Waals surface area contributed by atoms with Gasteiger partial charge in [0.1, 0.15) is 9.84 Å². The van der Waals surface area contributed by atoms with E-state index in [1.165, 1.54) is 11.8 Å². The van der Waals surface area contributed by atoms with Crippen LogP contribution in [0.2, 0.25) is 0 Å². The van der Waals surface area contributed by atoms with Gasteiger partial charge in [-0.05, 0) is 24.9 Å². The number of rotatable bonds is 8. The Morgan fingerprint density at radius 1 is 1.16 bits per heavy atom. The Morgan fingerprint density at radius 2 is 1.79 bits per heavy atom. The number of benzene rings is 1. The van der Waals surface area contributed by atoms with Gasteiger partial charge >= 0.3 is 0 Å². The average Bonchev–Trinajstić information content (AvgIpc) is 2.40. The van der Waals surface area contributed by atoms with Gasteiger partial charge in [0.05, 0.1) is 5.75 Å². The molecule has 1 aromatic carbocycles. The summed E-state index contributed by atoms with van der Waals surface area (Å²) in [5, 5.41) is 3.38. The zero-order chi connectivity index (χ0) is 14.4. The molecule has 0 radical (unpaired) electrons. The molecule has 0 bridgehead atoms. The van der Waals surface area contributed by atoms with Crippen LogP contribution in [0.4, 0.5) is 0 Å². The van der Waals surface area contributed by atoms with Crippen molar-refractivity contribution in [3.63, 3.8) is 0 Å². The van der Waals surface area contributed by atoms with E-state index in [2.05, 4.69) is 31.3 Å². The summed E-state index contributed by atoms with van der Waals surface area (Å²) in [7, 11) is -2.93. The van der Waals surface area contributed by atoms with Crippen LogP contribution in [-0.2, 0) is 15.3 Å². The first-order chi connectivity index (χ1) is 8.93. The van der Waals surface area contributed by atoms with E-state index >= 15 is 0 Å². The summed E-state index contributed by atoms with van der Waals surface area (Å²) in [5.74, 6) is 0.237. The minimum atomic E-state index is -2.93. The molecule has 3 nitrogen and oxygen atoms in total. The zero-order valence-corrected chi connectivity index (χ0v) is 13.0. The van der Waals surface area contributed by atoms with Crippen molar-refractivity contribution in [3.05, 3.63) is 35.9 Å². The van der Waals surface area contributed by atoms with Crippen LogP contribution in [0.1, 0.15) is 32.3 Å². The molecule has 1 atom stereocenters. The molecule has 0 fully saturated rings. The molecule has 0 amide bonds. The molecule has 1 rings (SSSR count). The van der Waals surface area contributed by atoms with Gasteiger partial charge in [-0.2, -0.15) is 0 Å². The molecule has 1 aromatic rings. The average molecular weight is 283 g/mol. The van der Waals surface area contributed by atoms with E-state index in [9.17, 15) is 8.42 Å². The smallest absolute Gasteiger partial charge is 0.147 e. The molecule has 0 aliphatic rings. The molecule has 1 N–H and O–H groups in total. The second-order valence-corrected chi connectivity index (χ2v) is 7.42. The maximum atomic E-state index is 11.5. The van der Waals surface area contributed by atoms with Gasteiger partial charge in [0.2, 0.25) is 0 Å². The van der Waals surface area contributed by atoms with Crippen molar-refractivity contribution < 1.29 is 8.42 Å². The van der Waals surface area contributed by atoms with Gasteiger partial charge in [-0.1, -0.05) is 44.2 Å². The summed E-state index contributed by atoms with van der Waals surface area (Å²) in [6.07, 6.45) is 2.91. The predicted molar refractivity (Wildman–Crippen MR) is 81.3 cm³/mol. The maximum Gasteiger partial charge on any atom is 0.147 e. The van der Waals surface area contributed by atoms with Crippen LogP contribution in [0.25, 0.3) is 0 Å². The van der Waals surface area contributed by atoms with Crippen LogP contribution >= 0.6 is 0 Å². The first-order valence-corrected chi connectivity index (χ1v) is 8.93. The first-order valence-electron chi connectivity index (χ1n) is 6.87. The van der Waals surface area contributed by atoms with Crippen LogP contribution < -0.4 is 5.32 Å². The number of sulfone groups is 1. The highest BCUT2D eigenvalue weighted by Gasteiger charge is 2.30. The summed E-state index contributed by atoms with van der Waals surface area (Å²) in [6.45, 7) is 5.92. The van der Waals surface area contributed by atoms with Crippen molar-refractivity contribution in [2.24, 2.45) is 0 Å². The highest BCUT2D eigenvalue weighted by molar-refractivity contribution is 7.90. The Hall–Kier alpha value is -0.870. The topological polar surface area (TPSA) is 46.2 Å². The summed E-state index contributed by atoms with van der Waals surface area (Å²) in [5.41, 5.74) is 1.13. The Kier molecular flexibility index (Phi) is 6.01. The SMILES string of the molecule is CCNCC(CC)(CCS(C)(=O)=O)c1ccccc1. The van der Waals surface area contributed by atoms with E-state index in [-0.39, 0.29) is 11.2 Å². The first kappa shape index (κ1) is 16.2. The van der Waals surface area contributed by atoms with Crippen molar-refractivity contribution in [3.8, 4) is 0 Å². The fourth-order valence-electron chi connectivity index (χ4n) is 2.38. The zero-order valence-electron chi connectivity index (χ0n) is 12.1. The molecule has 0 saturated carbocycles. The molecule has 0 aliphatic heterocycles. The standard InChI is InChI=1S/C15H25NO2S/c1-4-15(13-16-5-2,11-12-19(3,17)18)14-9-7-6-8-10-14/h6-10,16H,4-5,11-13H2,1-3H3. The molecule has 1 unspecified atom stereocenters. The van der Waals surface area contributed by atoms with E-state index < -0.39 is 9.84 Å². The normalized spacial score (nSPS) is 15.1. The van der Waals surface area contributed by atoms with Crippen LogP contribution in [0.15, 0.2) is 30.3 Å². The summed E-state index contributed by atoms with van der Waals surface area (Å²) < 4.78 is 23.0. The third-order valence-electron chi connectivity index (χ3n) is 3.73. The molecule has 19 heavy (non-hydrogen) atoms. The lowest BCUT2D eigenvalue weighted by Crippen LogP contribution is -2.39. The van der Waals surface area contributed by atoms with Gasteiger partial charge in [-0.3, -0.25) is 0 Å². The molecule has 0 spiro atoms. The number of likely N-dealkylation sites (N-methyl/N-ethyl adjacent to an activating group) is 1. The Bertz CT molecular complexity index is 470. The van der Waals surface area contributed by atoms with Gasteiger partial charge in [-0.15, -0.1) is 0 Å². The summed E-state index contributed by atoms with van der Waals surface area (Å²) in [4.78, 5) is 0. The fraction of sp³-hybridized carbons (Fsp3) is 0.600. The van der Waals surface area contributed by atoms with Gasteiger partial charge in [0, 0.05) is 18.2 Å². The van der Waals surface area contributed by atoms with E-state index in [0.717, 1.165) is 19.5 Å². The minimum Gasteiger partial charge on any atom is -0.316 e. The fourth-order valence-corrected chi connectivity index (χ4v) is 3.14. The second-order valence-electron chi connectivity index (χ2n) is 5.16. The lowest BCUT2D eigenvalue weighted by molar-refractivity contribution is 0.372. The molecule has 0 saturated heterocycles. The van der Waals surface area contributed by atoms with E-state index in [4.69, 9.17) is 0 Å². The molecule has 0 heterocycles. The van der Waals surface area contributed by atoms with Crippen LogP contribution in [0.3, 0.4) is 0 Å². The quantitative estimate of drug-likeness (QED) is 0.797. The summed E-state index contributed by atoms with van der Waals surface area (Å²) in [6, 6.07) is 10.2. The third kappa shape index (κ3) is 4.96. The van der Waals surface area contributed by atoms with Crippen LogP contribution in [0.5, 0.6) is 0 Å². The molecular formula is C15H25NO2S. The van der Waals surface area contributed by atoms with E-state index in [0.29, 0.717) is 6.42 Å². The van der Waals surface area contributed by atoms with Crippen molar-refractivity contribution in [1.82, 2.24) is 5.32 Å². The Labute approximate surface area is 117 Å². The number of hydrogen-bond acceptors (Lipinski definition) is 3. The van der Waals surface area contributed by atoms with E-state index in [1.807, 2.05) is 18.2 Å².